The van der Waals surface area contributed by atoms with Crippen molar-refractivity contribution < 1.29 is 9.59 Å². The van der Waals surface area contributed by atoms with Gasteiger partial charge in [0.15, 0.2) is 0 Å². The van der Waals surface area contributed by atoms with Crippen LogP contribution in [0.4, 0.5) is 0 Å². The number of carbonyl (C=O) groups excluding carboxylic acids is 2. The first-order valence-electron chi connectivity index (χ1n) is 6.18. The van der Waals surface area contributed by atoms with Crippen LogP contribution >= 0.6 is 27.5 Å². The molecule has 0 fully saturated rings. The van der Waals surface area contributed by atoms with Crippen molar-refractivity contribution in [3.05, 3.63) is 69.2 Å². The molecule has 0 radical (unpaired) electrons. The van der Waals surface area contributed by atoms with Gasteiger partial charge in [-0.2, -0.15) is 0 Å². The maximum Gasteiger partial charge on any atom is 0.259 e. The minimum atomic E-state index is -0.403. The van der Waals surface area contributed by atoms with Gasteiger partial charge in [-0.15, -0.1) is 0 Å². The number of nitrogens with one attached hydrogen (secondary N) is 1. The van der Waals surface area contributed by atoms with Crippen molar-refractivity contribution in [2.75, 3.05) is 0 Å². The van der Waals surface area contributed by atoms with E-state index in [0.29, 0.717) is 27.3 Å². The lowest BCUT2D eigenvalue weighted by atomic mass is 9.96. The molecule has 3 nitrogen and oxygen atoms in total. The molecule has 21 heavy (non-hydrogen) atoms. The second kappa shape index (κ2) is 5.47. The number of imide groups is 1. The summed E-state index contributed by atoms with van der Waals surface area (Å²) in [5, 5.41) is 2.86. The molecule has 0 saturated heterocycles. The number of halogens is 2. The predicted molar refractivity (Wildman–Crippen MR) is 85.6 cm³/mol. The third-order valence-electron chi connectivity index (χ3n) is 3.18. The average molecular weight is 363 g/mol. The molecule has 2 aromatic rings. The third-order valence-corrected chi connectivity index (χ3v) is 3.94. The number of amides is 2. The topological polar surface area (TPSA) is 46.2 Å². The van der Waals surface area contributed by atoms with Gasteiger partial charge in [0.2, 0.25) is 0 Å². The van der Waals surface area contributed by atoms with E-state index in [1.807, 2.05) is 12.1 Å². The molecule has 0 atom stereocenters. The number of rotatable bonds is 2. The van der Waals surface area contributed by atoms with Gasteiger partial charge < -0.3 is 0 Å². The molecule has 2 amide bonds. The molecule has 1 aliphatic heterocycles. The van der Waals surface area contributed by atoms with Crippen molar-refractivity contribution in [1.29, 1.82) is 0 Å². The monoisotopic (exact) mass is 361 g/mol. The standard InChI is InChI=1S/C16H9BrClNO2/c17-11-6-4-9(5-7-11)13-14(16(21)19-15(13)20)10-2-1-3-12(18)8-10/h1-8H,(H,19,20,21). The van der Waals surface area contributed by atoms with E-state index in [9.17, 15) is 9.59 Å². The molecular formula is C16H9BrClNO2. The number of hydrogen-bond acceptors (Lipinski definition) is 2. The minimum Gasteiger partial charge on any atom is -0.288 e. The van der Waals surface area contributed by atoms with E-state index in [1.54, 1.807) is 36.4 Å². The van der Waals surface area contributed by atoms with Gasteiger partial charge in [-0.1, -0.05) is 51.8 Å². The van der Waals surface area contributed by atoms with E-state index < -0.39 is 11.8 Å². The average Bonchev–Trinajstić information content (AvgIpc) is 2.74. The van der Waals surface area contributed by atoms with Gasteiger partial charge >= 0.3 is 0 Å². The summed E-state index contributed by atoms with van der Waals surface area (Å²) >= 11 is 9.33. The molecule has 0 aliphatic carbocycles. The fraction of sp³-hybridized carbons (Fsp3) is 0. The Morgan fingerprint density at radius 1 is 0.857 bits per heavy atom. The van der Waals surface area contributed by atoms with Crippen LogP contribution in [0.25, 0.3) is 11.1 Å². The molecule has 1 aliphatic rings. The molecule has 0 aromatic heterocycles. The van der Waals surface area contributed by atoms with E-state index in [4.69, 9.17) is 11.6 Å². The Morgan fingerprint density at radius 2 is 1.48 bits per heavy atom. The summed E-state index contributed by atoms with van der Waals surface area (Å²) in [4.78, 5) is 24.2. The van der Waals surface area contributed by atoms with Crippen molar-refractivity contribution in [3.63, 3.8) is 0 Å². The highest BCUT2D eigenvalue weighted by Crippen LogP contribution is 2.32. The van der Waals surface area contributed by atoms with Crippen molar-refractivity contribution in [1.82, 2.24) is 5.32 Å². The summed E-state index contributed by atoms with van der Waals surface area (Å²) in [5.41, 5.74) is 2.04. The van der Waals surface area contributed by atoms with Gasteiger partial charge in [0.25, 0.3) is 11.8 Å². The molecule has 2 aromatic carbocycles. The molecule has 0 unspecified atom stereocenters. The fourth-order valence-electron chi connectivity index (χ4n) is 2.27. The molecule has 1 heterocycles. The zero-order chi connectivity index (χ0) is 15.0. The predicted octanol–water partition coefficient (Wildman–Crippen LogP) is 3.67. The molecule has 1 N–H and O–H groups in total. The maximum absolute atomic E-state index is 12.1. The van der Waals surface area contributed by atoms with Gasteiger partial charge in [0.1, 0.15) is 0 Å². The van der Waals surface area contributed by atoms with Gasteiger partial charge in [-0.3, -0.25) is 14.9 Å². The zero-order valence-corrected chi connectivity index (χ0v) is 13.0. The van der Waals surface area contributed by atoms with Crippen LogP contribution in [-0.2, 0) is 9.59 Å². The summed E-state index contributed by atoms with van der Waals surface area (Å²) in [5.74, 6) is -0.794. The molecule has 0 spiro atoms. The van der Waals surface area contributed by atoms with Crippen LogP contribution in [0, 0.1) is 0 Å². The SMILES string of the molecule is O=C1NC(=O)C(c2cccc(Cl)c2)=C1c1ccc(Br)cc1. The van der Waals surface area contributed by atoms with Crippen molar-refractivity contribution in [2.45, 2.75) is 0 Å². The van der Waals surface area contributed by atoms with E-state index >= 15 is 0 Å². The molecular weight excluding hydrogens is 354 g/mol. The Kier molecular flexibility index (Phi) is 3.66. The number of hydrogen-bond donors (Lipinski definition) is 1. The van der Waals surface area contributed by atoms with Gasteiger partial charge in [-0.05, 0) is 35.4 Å². The Morgan fingerprint density at radius 3 is 2.10 bits per heavy atom. The Hall–Kier alpha value is -1.91. The molecule has 5 heteroatoms. The summed E-state index contributed by atoms with van der Waals surface area (Å²) in [6.07, 6.45) is 0. The first-order valence-corrected chi connectivity index (χ1v) is 7.35. The van der Waals surface area contributed by atoms with Crippen LogP contribution in [0.2, 0.25) is 5.02 Å². The summed E-state index contributed by atoms with van der Waals surface area (Å²) in [6.45, 7) is 0. The summed E-state index contributed by atoms with van der Waals surface area (Å²) in [7, 11) is 0. The summed E-state index contributed by atoms with van der Waals surface area (Å²) in [6, 6.07) is 14.2. The van der Waals surface area contributed by atoms with E-state index in [2.05, 4.69) is 21.2 Å². The highest BCUT2D eigenvalue weighted by atomic mass is 79.9. The highest BCUT2D eigenvalue weighted by Gasteiger charge is 2.32. The third kappa shape index (κ3) is 2.64. The van der Waals surface area contributed by atoms with Crippen LogP contribution in [0.15, 0.2) is 53.0 Å². The van der Waals surface area contributed by atoms with Crippen LogP contribution in [0.3, 0.4) is 0 Å². The van der Waals surface area contributed by atoms with Crippen LogP contribution in [-0.4, -0.2) is 11.8 Å². The lowest BCUT2D eigenvalue weighted by Gasteiger charge is -2.05. The highest BCUT2D eigenvalue weighted by molar-refractivity contribution is 9.10. The van der Waals surface area contributed by atoms with E-state index in [0.717, 1.165) is 4.47 Å². The van der Waals surface area contributed by atoms with E-state index in [1.165, 1.54) is 0 Å². The summed E-state index contributed by atoms with van der Waals surface area (Å²) < 4.78 is 0.904. The second-order valence-electron chi connectivity index (χ2n) is 4.55. The number of carbonyl (C=O) groups is 2. The van der Waals surface area contributed by atoms with Crippen molar-refractivity contribution >= 4 is 50.5 Å². The van der Waals surface area contributed by atoms with Crippen molar-refractivity contribution in [2.24, 2.45) is 0 Å². The lowest BCUT2D eigenvalue weighted by Crippen LogP contribution is -2.22. The first kappa shape index (κ1) is 14.0. The Balaban J connectivity index is 2.22. The van der Waals surface area contributed by atoms with E-state index in [-0.39, 0.29) is 0 Å². The van der Waals surface area contributed by atoms with Crippen molar-refractivity contribution in [3.8, 4) is 0 Å². The molecule has 0 bridgehead atoms. The maximum atomic E-state index is 12.1. The minimum absolute atomic E-state index is 0.352. The molecule has 3 rings (SSSR count). The quantitative estimate of drug-likeness (QED) is 0.829. The Bertz CT molecular complexity index is 781. The number of benzene rings is 2. The van der Waals surface area contributed by atoms with Crippen LogP contribution < -0.4 is 5.32 Å². The fourth-order valence-corrected chi connectivity index (χ4v) is 2.72. The first-order chi connectivity index (χ1) is 10.1. The van der Waals surface area contributed by atoms with Crippen LogP contribution in [0.5, 0.6) is 0 Å². The second-order valence-corrected chi connectivity index (χ2v) is 5.90. The van der Waals surface area contributed by atoms with Crippen LogP contribution in [0.1, 0.15) is 11.1 Å². The zero-order valence-electron chi connectivity index (χ0n) is 10.7. The largest absolute Gasteiger partial charge is 0.288 e. The molecule has 104 valence electrons. The smallest absolute Gasteiger partial charge is 0.259 e. The van der Waals surface area contributed by atoms with Gasteiger partial charge in [-0.25, -0.2) is 0 Å². The lowest BCUT2D eigenvalue weighted by molar-refractivity contribution is -0.122. The molecule has 0 saturated carbocycles. The van der Waals surface area contributed by atoms with Gasteiger partial charge in [0, 0.05) is 9.50 Å². The normalized spacial score (nSPS) is 14.6. The van der Waals surface area contributed by atoms with Gasteiger partial charge in [0.05, 0.1) is 11.1 Å². The Labute approximate surface area is 134 Å².